The summed E-state index contributed by atoms with van der Waals surface area (Å²) in [6.45, 7) is 1.49. The summed E-state index contributed by atoms with van der Waals surface area (Å²) in [5, 5.41) is 29.5. The molecule has 6 heteroatoms. The van der Waals surface area contributed by atoms with Crippen molar-refractivity contribution in [1.82, 2.24) is 0 Å². The summed E-state index contributed by atoms with van der Waals surface area (Å²) in [5.41, 5.74) is 1.29. The number of carbonyl (C=O) groups is 1. The van der Waals surface area contributed by atoms with Crippen LogP contribution in [-0.4, -0.2) is 26.7 Å². The van der Waals surface area contributed by atoms with E-state index in [1.807, 2.05) is 24.3 Å². The van der Waals surface area contributed by atoms with E-state index in [9.17, 15) is 20.0 Å². The van der Waals surface area contributed by atoms with Gasteiger partial charge in [-0.25, -0.2) is 0 Å². The molecule has 0 saturated heterocycles. The van der Waals surface area contributed by atoms with E-state index in [0.717, 1.165) is 16.7 Å². The fourth-order valence-corrected chi connectivity index (χ4v) is 2.42. The van der Waals surface area contributed by atoms with E-state index in [4.69, 9.17) is 5.11 Å². The van der Waals surface area contributed by atoms with Crippen molar-refractivity contribution in [3.8, 4) is 11.1 Å². The molecule has 1 atom stereocenters. The van der Waals surface area contributed by atoms with Gasteiger partial charge in [-0.15, -0.1) is 0 Å². The Morgan fingerprint density at radius 2 is 1.57 bits per heavy atom. The molecule has 120 valence electrons. The highest BCUT2D eigenvalue weighted by atomic mass is 16.6. The maximum Gasteiger partial charge on any atom is 0.306 e. The molecule has 2 N–H and O–H groups in total. The van der Waals surface area contributed by atoms with E-state index < -0.39 is 16.5 Å². The van der Waals surface area contributed by atoms with Gasteiger partial charge < -0.3 is 10.2 Å². The zero-order valence-electron chi connectivity index (χ0n) is 12.6. The smallest absolute Gasteiger partial charge is 0.306 e. The van der Waals surface area contributed by atoms with Crippen LogP contribution in [0.5, 0.6) is 0 Å². The van der Waals surface area contributed by atoms with Gasteiger partial charge in [-0.2, -0.15) is 0 Å². The van der Waals surface area contributed by atoms with Crippen molar-refractivity contribution < 1.29 is 19.9 Å². The Bertz CT molecular complexity index is 705. The lowest BCUT2D eigenvalue weighted by atomic mass is 9.92. The second-order valence-electron chi connectivity index (χ2n) is 5.75. The van der Waals surface area contributed by atoms with E-state index in [2.05, 4.69) is 0 Å². The minimum atomic E-state index is -1.30. The quantitative estimate of drug-likeness (QED) is 0.630. The summed E-state index contributed by atoms with van der Waals surface area (Å²) in [4.78, 5) is 20.9. The molecule has 6 nitrogen and oxygen atoms in total. The first-order valence-corrected chi connectivity index (χ1v) is 7.05. The monoisotopic (exact) mass is 315 g/mol. The van der Waals surface area contributed by atoms with Crippen LogP contribution >= 0.6 is 0 Å². The van der Waals surface area contributed by atoms with Crippen LogP contribution in [0.15, 0.2) is 48.5 Å². The van der Waals surface area contributed by atoms with Gasteiger partial charge in [0, 0.05) is 18.6 Å². The molecule has 0 bridgehead atoms. The standard InChI is InChI=1S/C17H17NO5/c1-17(21,11-16(19)20)10-12-2-4-13(5-3-12)14-6-8-15(9-7-14)18(22)23/h2-9,21H,10-11H2,1H3,(H,19,20). The third kappa shape index (κ3) is 4.62. The van der Waals surface area contributed by atoms with E-state index in [0.29, 0.717) is 0 Å². The lowest BCUT2D eigenvalue weighted by Gasteiger charge is -2.21. The summed E-state index contributed by atoms with van der Waals surface area (Å²) < 4.78 is 0. The number of hydrogen-bond acceptors (Lipinski definition) is 4. The topological polar surface area (TPSA) is 101 Å². The highest BCUT2D eigenvalue weighted by Gasteiger charge is 2.24. The number of nitrogens with zero attached hydrogens (tertiary/aromatic N) is 1. The highest BCUT2D eigenvalue weighted by Crippen LogP contribution is 2.24. The number of rotatable bonds is 6. The second kappa shape index (κ2) is 6.58. The van der Waals surface area contributed by atoms with Gasteiger partial charge in [0.25, 0.3) is 5.69 Å². The fourth-order valence-electron chi connectivity index (χ4n) is 2.42. The summed E-state index contributed by atoms with van der Waals surface area (Å²) in [6, 6.07) is 13.5. The predicted molar refractivity (Wildman–Crippen MR) is 85.1 cm³/mol. The molecule has 0 aliphatic rings. The molecule has 0 aromatic heterocycles. The Morgan fingerprint density at radius 1 is 1.09 bits per heavy atom. The molecule has 2 aromatic carbocycles. The molecule has 0 saturated carbocycles. The number of carboxylic acids is 1. The van der Waals surface area contributed by atoms with Gasteiger partial charge >= 0.3 is 5.97 Å². The summed E-state index contributed by atoms with van der Waals surface area (Å²) in [7, 11) is 0. The third-order valence-electron chi connectivity index (χ3n) is 3.48. The van der Waals surface area contributed by atoms with Crippen LogP contribution in [0.25, 0.3) is 11.1 Å². The minimum Gasteiger partial charge on any atom is -0.481 e. The number of aliphatic hydroxyl groups is 1. The lowest BCUT2D eigenvalue weighted by molar-refractivity contribution is -0.384. The van der Waals surface area contributed by atoms with Crippen molar-refractivity contribution in [3.63, 3.8) is 0 Å². The Hall–Kier alpha value is -2.73. The maximum atomic E-state index is 10.7. The van der Waals surface area contributed by atoms with Crippen LogP contribution in [0.3, 0.4) is 0 Å². The first-order chi connectivity index (χ1) is 10.8. The second-order valence-corrected chi connectivity index (χ2v) is 5.75. The molecule has 1 unspecified atom stereocenters. The first kappa shape index (κ1) is 16.6. The van der Waals surface area contributed by atoms with Crippen molar-refractivity contribution in [2.75, 3.05) is 0 Å². The van der Waals surface area contributed by atoms with E-state index in [1.165, 1.54) is 19.1 Å². The Kier molecular flexibility index (Phi) is 4.76. The van der Waals surface area contributed by atoms with Gasteiger partial charge in [-0.3, -0.25) is 14.9 Å². The number of aliphatic carboxylic acids is 1. The normalized spacial score (nSPS) is 13.3. The molecule has 0 fully saturated rings. The fraction of sp³-hybridized carbons (Fsp3) is 0.235. The molecule has 0 radical (unpaired) electrons. The number of nitro groups is 1. The lowest BCUT2D eigenvalue weighted by Crippen LogP contribution is -2.30. The Morgan fingerprint density at radius 3 is 2.00 bits per heavy atom. The van der Waals surface area contributed by atoms with Gasteiger partial charge in [-0.1, -0.05) is 24.3 Å². The summed E-state index contributed by atoms with van der Waals surface area (Å²) >= 11 is 0. The van der Waals surface area contributed by atoms with E-state index in [1.54, 1.807) is 12.1 Å². The summed E-state index contributed by atoms with van der Waals surface area (Å²) in [6.07, 6.45) is -0.0864. The number of carboxylic acid groups (broad SMARTS) is 1. The van der Waals surface area contributed by atoms with Crippen molar-refractivity contribution in [2.45, 2.75) is 25.4 Å². The molecule has 0 heterocycles. The number of nitro benzene ring substituents is 1. The number of non-ortho nitro benzene ring substituents is 1. The van der Waals surface area contributed by atoms with Crippen molar-refractivity contribution in [1.29, 1.82) is 0 Å². The molecule has 0 aliphatic carbocycles. The van der Waals surface area contributed by atoms with Gasteiger partial charge in [0.05, 0.1) is 16.9 Å². The van der Waals surface area contributed by atoms with Gasteiger partial charge in [-0.05, 0) is 35.7 Å². The van der Waals surface area contributed by atoms with Crippen LogP contribution in [0.4, 0.5) is 5.69 Å². The highest BCUT2D eigenvalue weighted by molar-refractivity contribution is 5.68. The molecular weight excluding hydrogens is 298 g/mol. The van der Waals surface area contributed by atoms with Gasteiger partial charge in [0.15, 0.2) is 0 Å². The maximum absolute atomic E-state index is 10.7. The molecule has 0 amide bonds. The van der Waals surface area contributed by atoms with Crippen LogP contribution < -0.4 is 0 Å². The number of hydrogen-bond donors (Lipinski definition) is 2. The Labute approximate surface area is 133 Å². The molecule has 0 aliphatic heterocycles. The predicted octanol–water partition coefficient (Wildman–Crippen LogP) is 3.03. The Balaban J connectivity index is 2.13. The van der Waals surface area contributed by atoms with Crippen LogP contribution in [0, 0.1) is 10.1 Å². The average Bonchev–Trinajstić information content (AvgIpc) is 2.46. The van der Waals surface area contributed by atoms with Crippen LogP contribution in [-0.2, 0) is 11.2 Å². The molecular formula is C17H17NO5. The first-order valence-electron chi connectivity index (χ1n) is 7.05. The van der Waals surface area contributed by atoms with Crippen molar-refractivity contribution in [2.24, 2.45) is 0 Å². The van der Waals surface area contributed by atoms with Crippen LogP contribution in [0.2, 0.25) is 0 Å². The largest absolute Gasteiger partial charge is 0.481 e. The average molecular weight is 315 g/mol. The minimum absolute atomic E-state index is 0.0371. The molecule has 2 rings (SSSR count). The molecule has 23 heavy (non-hydrogen) atoms. The van der Waals surface area contributed by atoms with Crippen LogP contribution in [0.1, 0.15) is 18.9 Å². The number of benzene rings is 2. The van der Waals surface area contributed by atoms with E-state index in [-0.39, 0.29) is 18.5 Å². The summed E-state index contributed by atoms with van der Waals surface area (Å²) in [5.74, 6) is -1.04. The van der Waals surface area contributed by atoms with Gasteiger partial charge in [0.2, 0.25) is 0 Å². The zero-order chi connectivity index (χ0) is 17.0. The third-order valence-corrected chi connectivity index (χ3v) is 3.48. The zero-order valence-corrected chi connectivity index (χ0v) is 12.6. The molecule has 2 aromatic rings. The SMILES string of the molecule is CC(O)(CC(=O)O)Cc1ccc(-c2ccc([N+](=O)[O-])cc2)cc1. The van der Waals surface area contributed by atoms with Crippen molar-refractivity contribution in [3.05, 3.63) is 64.2 Å². The van der Waals surface area contributed by atoms with E-state index >= 15 is 0 Å². The van der Waals surface area contributed by atoms with Crippen molar-refractivity contribution >= 4 is 11.7 Å². The van der Waals surface area contributed by atoms with Gasteiger partial charge in [0.1, 0.15) is 0 Å². The molecule has 0 spiro atoms.